The molecule has 2 rings (SSSR count). The lowest BCUT2D eigenvalue weighted by Crippen LogP contribution is -2.11. The van der Waals surface area contributed by atoms with Gasteiger partial charge in [0.15, 0.2) is 0 Å². The predicted octanol–water partition coefficient (Wildman–Crippen LogP) is 4.00. The summed E-state index contributed by atoms with van der Waals surface area (Å²) in [7, 11) is 0. The fourth-order valence-corrected chi connectivity index (χ4v) is 2.12. The fraction of sp³-hybridized carbons (Fsp3) is 0.133. The molecule has 0 unspecified atom stereocenters. The summed E-state index contributed by atoms with van der Waals surface area (Å²) in [5.74, 6) is 0.311. The summed E-state index contributed by atoms with van der Waals surface area (Å²) in [4.78, 5) is 0.230. The standard InChI is InChI=1S/C15H13ClFNOS/c1-9-6-12(16)3-5-14(9)19-8-11-7-10(15(18)20)2-4-13(11)17/h2-7H,8H2,1H3,(H2,18,20). The van der Waals surface area contributed by atoms with Crippen LogP contribution < -0.4 is 10.5 Å². The van der Waals surface area contributed by atoms with E-state index in [1.165, 1.54) is 6.07 Å². The molecule has 0 saturated carbocycles. The Kier molecular flexibility index (Phi) is 4.57. The molecule has 2 N–H and O–H groups in total. The van der Waals surface area contributed by atoms with Crippen molar-refractivity contribution >= 4 is 28.8 Å². The molecule has 2 nitrogen and oxygen atoms in total. The van der Waals surface area contributed by atoms with Crippen LogP contribution in [-0.4, -0.2) is 4.99 Å². The molecule has 0 heterocycles. The van der Waals surface area contributed by atoms with Gasteiger partial charge in [-0.1, -0.05) is 23.8 Å². The largest absolute Gasteiger partial charge is 0.489 e. The SMILES string of the molecule is Cc1cc(Cl)ccc1OCc1cc(C(N)=S)ccc1F. The Bertz CT molecular complexity index is 660. The second-order valence-corrected chi connectivity index (χ2v) is 5.25. The Hall–Kier alpha value is -1.65. The van der Waals surface area contributed by atoms with E-state index in [1.807, 2.05) is 6.92 Å². The van der Waals surface area contributed by atoms with Crippen LogP contribution in [0.25, 0.3) is 0 Å². The van der Waals surface area contributed by atoms with Crippen molar-refractivity contribution in [1.29, 1.82) is 0 Å². The van der Waals surface area contributed by atoms with Crippen LogP contribution >= 0.6 is 23.8 Å². The van der Waals surface area contributed by atoms with Gasteiger partial charge in [-0.2, -0.15) is 0 Å². The zero-order valence-corrected chi connectivity index (χ0v) is 12.4. The minimum absolute atomic E-state index is 0.102. The molecular weight excluding hydrogens is 297 g/mol. The highest BCUT2D eigenvalue weighted by Crippen LogP contribution is 2.23. The minimum Gasteiger partial charge on any atom is -0.489 e. The number of halogens is 2. The third-order valence-electron chi connectivity index (χ3n) is 2.85. The number of nitrogens with two attached hydrogens (primary N) is 1. The summed E-state index contributed by atoms with van der Waals surface area (Å²) in [5.41, 5.74) is 7.45. The molecule has 0 radical (unpaired) electrons. The zero-order valence-electron chi connectivity index (χ0n) is 10.8. The molecule has 2 aromatic rings. The van der Waals surface area contributed by atoms with Gasteiger partial charge in [0.1, 0.15) is 23.2 Å². The Morgan fingerprint density at radius 1 is 1.30 bits per heavy atom. The molecule has 0 aliphatic rings. The first kappa shape index (κ1) is 14.8. The molecule has 5 heteroatoms. The lowest BCUT2D eigenvalue weighted by atomic mass is 10.1. The molecule has 20 heavy (non-hydrogen) atoms. The summed E-state index contributed by atoms with van der Waals surface area (Å²) >= 11 is 10.7. The van der Waals surface area contributed by atoms with E-state index < -0.39 is 0 Å². The Morgan fingerprint density at radius 3 is 2.70 bits per heavy atom. The summed E-state index contributed by atoms with van der Waals surface area (Å²) in [6, 6.07) is 9.76. The van der Waals surface area contributed by atoms with Gasteiger partial charge in [0.05, 0.1) is 0 Å². The van der Waals surface area contributed by atoms with Gasteiger partial charge in [0.2, 0.25) is 0 Å². The summed E-state index contributed by atoms with van der Waals surface area (Å²) in [6.07, 6.45) is 0. The highest BCUT2D eigenvalue weighted by molar-refractivity contribution is 7.80. The first-order valence-corrected chi connectivity index (χ1v) is 6.73. The number of hydrogen-bond acceptors (Lipinski definition) is 2. The molecule has 0 amide bonds. The van der Waals surface area contributed by atoms with E-state index in [2.05, 4.69) is 0 Å². The van der Waals surface area contributed by atoms with Crippen molar-refractivity contribution in [2.45, 2.75) is 13.5 Å². The highest BCUT2D eigenvalue weighted by atomic mass is 35.5. The number of benzene rings is 2. The van der Waals surface area contributed by atoms with Gasteiger partial charge in [0, 0.05) is 16.1 Å². The van der Waals surface area contributed by atoms with E-state index >= 15 is 0 Å². The van der Waals surface area contributed by atoms with Crippen molar-refractivity contribution in [3.8, 4) is 5.75 Å². The van der Waals surface area contributed by atoms with Gasteiger partial charge in [-0.05, 0) is 48.9 Å². The average molecular weight is 310 g/mol. The monoisotopic (exact) mass is 309 g/mol. The maximum atomic E-state index is 13.7. The van der Waals surface area contributed by atoms with Crippen LogP contribution in [0, 0.1) is 12.7 Å². The summed E-state index contributed by atoms with van der Waals surface area (Å²) < 4.78 is 19.3. The second-order valence-electron chi connectivity index (χ2n) is 4.37. The van der Waals surface area contributed by atoms with Crippen LogP contribution in [-0.2, 0) is 6.61 Å². The topological polar surface area (TPSA) is 35.2 Å². The first-order valence-electron chi connectivity index (χ1n) is 5.94. The number of hydrogen-bond donors (Lipinski definition) is 1. The van der Waals surface area contributed by atoms with Crippen LogP contribution in [0.2, 0.25) is 5.02 Å². The predicted molar refractivity (Wildman–Crippen MR) is 82.8 cm³/mol. The van der Waals surface area contributed by atoms with Gasteiger partial charge in [-0.25, -0.2) is 4.39 Å². The molecule has 0 spiro atoms. The highest BCUT2D eigenvalue weighted by Gasteiger charge is 2.07. The maximum absolute atomic E-state index is 13.7. The molecule has 0 atom stereocenters. The molecule has 0 aliphatic heterocycles. The van der Waals surface area contributed by atoms with Crippen molar-refractivity contribution < 1.29 is 9.13 Å². The van der Waals surface area contributed by atoms with Gasteiger partial charge in [0.25, 0.3) is 0 Å². The Labute approximate surface area is 127 Å². The summed E-state index contributed by atoms with van der Waals surface area (Å²) in [5, 5.41) is 0.636. The van der Waals surface area contributed by atoms with E-state index in [4.69, 9.17) is 34.3 Å². The Morgan fingerprint density at radius 2 is 2.05 bits per heavy atom. The maximum Gasteiger partial charge on any atom is 0.129 e. The molecule has 2 aromatic carbocycles. The molecule has 0 aromatic heterocycles. The van der Waals surface area contributed by atoms with Crippen LogP contribution in [0.4, 0.5) is 4.39 Å². The van der Waals surface area contributed by atoms with Crippen molar-refractivity contribution in [3.05, 3.63) is 63.9 Å². The third kappa shape index (κ3) is 3.46. The van der Waals surface area contributed by atoms with Gasteiger partial charge >= 0.3 is 0 Å². The lowest BCUT2D eigenvalue weighted by Gasteiger charge is -2.11. The van der Waals surface area contributed by atoms with E-state index in [0.717, 1.165) is 5.56 Å². The van der Waals surface area contributed by atoms with Crippen molar-refractivity contribution in [1.82, 2.24) is 0 Å². The number of thiocarbonyl (C=S) groups is 1. The van der Waals surface area contributed by atoms with Crippen molar-refractivity contribution in [2.75, 3.05) is 0 Å². The molecule has 104 valence electrons. The van der Waals surface area contributed by atoms with E-state index in [9.17, 15) is 4.39 Å². The van der Waals surface area contributed by atoms with Crippen molar-refractivity contribution in [3.63, 3.8) is 0 Å². The third-order valence-corrected chi connectivity index (χ3v) is 3.32. The fourth-order valence-electron chi connectivity index (χ4n) is 1.77. The van der Waals surface area contributed by atoms with Crippen LogP contribution in [0.1, 0.15) is 16.7 Å². The Balaban J connectivity index is 2.18. The van der Waals surface area contributed by atoms with E-state index in [-0.39, 0.29) is 17.4 Å². The molecule has 0 aliphatic carbocycles. The number of ether oxygens (including phenoxy) is 1. The van der Waals surface area contributed by atoms with Gasteiger partial charge < -0.3 is 10.5 Å². The van der Waals surface area contributed by atoms with Gasteiger partial charge in [-0.15, -0.1) is 0 Å². The molecular formula is C15H13ClFNOS. The van der Waals surface area contributed by atoms with Gasteiger partial charge in [-0.3, -0.25) is 0 Å². The minimum atomic E-state index is -0.350. The molecule has 0 bridgehead atoms. The summed E-state index contributed by atoms with van der Waals surface area (Å²) in [6.45, 7) is 1.98. The zero-order chi connectivity index (χ0) is 14.7. The van der Waals surface area contributed by atoms with E-state index in [0.29, 0.717) is 21.9 Å². The molecule has 0 fully saturated rings. The van der Waals surface area contributed by atoms with Crippen LogP contribution in [0.3, 0.4) is 0 Å². The quantitative estimate of drug-likeness (QED) is 0.867. The normalized spacial score (nSPS) is 10.3. The van der Waals surface area contributed by atoms with Crippen LogP contribution in [0.5, 0.6) is 5.75 Å². The first-order chi connectivity index (χ1) is 9.47. The van der Waals surface area contributed by atoms with Crippen molar-refractivity contribution in [2.24, 2.45) is 5.73 Å². The smallest absolute Gasteiger partial charge is 0.129 e. The number of aryl methyl sites for hydroxylation is 1. The molecule has 0 saturated heterocycles. The van der Waals surface area contributed by atoms with E-state index in [1.54, 1.807) is 30.3 Å². The average Bonchev–Trinajstić information content (AvgIpc) is 2.39. The lowest BCUT2D eigenvalue weighted by molar-refractivity contribution is 0.298. The number of rotatable bonds is 4. The van der Waals surface area contributed by atoms with Crippen LogP contribution in [0.15, 0.2) is 36.4 Å². The second kappa shape index (κ2) is 6.20.